The van der Waals surface area contributed by atoms with Crippen LogP contribution in [0.5, 0.6) is 0 Å². The predicted octanol–water partition coefficient (Wildman–Crippen LogP) is 6.04. The molecule has 0 aromatic rings. The first-order valence-corrected chi connectivity index (χ1v) is 10.6. The van der Waals surface area contributed by atoms with Crippen LogP contribution in [0.15, 0.2) is 11.8 Å². The van der Waals surface area contributed by atoms with Crippen molar-refractivity contribution in [1.29, 1.82) is 0 Å². The van der Waals surface area contributed by atoms with E-state index in [1.807, 2.05) is 33.8 Å². The molecule has 1 N–H and O–H groups in total. The summed E-state index contributed by atoms with van der Waals surface area (Å²) >= 11 is 0. The fraction of sp³-hybridized carbons (Fsp3) is 0.864. The summed E-state index contributed by atoms with van der Waals surface area (Å²) in [5.74, 6) is 0.0429. The molecule has 1 aliphatic carbocycles. The van der Waals surface area contributed by atoms with Gasteiger partial charge in [0.15, 0.2) is 0 Å². The lowest BCUT2D eigenvalue weighted by Crippen LogP contribution is -2.41. The van der Waals surface area contributed by atoms with Crippen LogP contribution in [0.25, 0.3) is 0 Å². The van der Waals surface area contributed by atoms with E-state index in [4.69, 9.17) is 4.74 Å². The van der Waals surface area contributed by atoms with E-state index in [0.717, 1.165) is 44.2 Å². The molecule has 4 nitrogen and oxygen atoms in total. The number of carbonyl (C=O) groups is 1. The molecule has 0 aliphatic heterocycles. The number of unbranched alkanes of at least 4 members (excludes halogenated alkanes) is 5. The van der Waals surface area contributed by atoms with Gasteiger partial charge in [-0.2, -0.15) is 0 Å². The van der Waals surface area contributed by atoms with Crippen molar-refractivity contribution in [2.45, 2.75) is 111 Å². The molecular formula is C22H41NO3. The number of ether oxygens (including phenoxy) is 1. The number of amides is 1. The summed E-state index contributed by atoms with van der Waals surface area (Å²) in [5.41, 5.74) is 0.431. The van der Waals surface area contributed by atoms with Gasteiger partial charge in [0.05, 0.1) is 6.10 Å². The second-order valence-corrected chi connectivity index (χ2v) is 8.57. The molecule has 1 aliphatic rings. The molecule has 0 spiro atoms. The van der Waals surface area contributed by atoms with Gasteiger partial charge >= 0.3 is 6.09 Å². The Balaban J connectivity index is 2.78. The van der Waals surface area contributed by atoms with Crippen LogP contribution in [0.4, 0.5) is 4.79 Å². The van der Waals surface area contributed by atoms with Crippen molar-refractivity contribution in [2.24, 2.45) is 5.92 Å². The number of aliphatic hydroxyl groups excluding tert-OH is 1. The Hall–Kier alpha value is -1.03. The van der Waals surface area contributed by atoms with Gasteiger partial charge in [-0.05, 0) is 47.0 Å². The molecule has 4 heteroatoms. The molecule has 1 fully saturated rings. The van der Waals surface area contributed by atoms with E-state index in [2.05, 4.69) is 6.92 Å². The minimum absolute atomic E-state index is 0.0429. The molecule has 0 heterocycles. The third-order valence-corrected chi connectivity index (χ3v) is 5.07. The van der Waals surface area contributed by atoms with Gasteiger partial charge < -0.3 is 9.84 Å². The Morgan fingerprint density at radius 3 is 2.31 bits per heavy atom. The van der Waals surface area contributed by atoms with Gasteiger partial charge in [-0.1, -0.05) is 57.9 Å². The Bertz CT molecular complexity index is 439. The third kappa shape index (κ3) is 8.11. The summed E-state index contributed by atoms with van der Waals surface area (Å²) in [4.78, 5) is 14.7. The second kappa shape index (κ2) is 11.6. The minimum Gasteiger partial charge on any atom is -0.443 e. The van der Waals surface area contributed by atoms with E-state index in [-0.39, 0.29) is 18.1 Å². The van der Waals surface area contributed by atoms with Gasteiger partial charge in [-0.3, -0.25) is 4.90 Å². The monoisotopic (exact) mass is 367 g/mol. The first-order valence-electron chi connectivity index (χ1n) is 10.6. The van der Waals surface area contributed by atoms with Crippen molar-refractivity contribution < 1.29 is 14.6 Å². The molecule has 0 unspecified atom stereocenters. The van der Waals surface area contributed by atoms with E-state index in [0.29, 0.717) is 6.54 Å². The summed E-state index contributed by atoms with van der Waals surface area (Å²) in [7, 11) is 0. The zero-order chi connectivity index (χ0) is 19.6. The Labute approximate surface area is 161 Å². The average Bonchev–Trinajstić information content (AvgIpc) is 2.56. The molecule has 0 saturated heterocycles. The maximum Gasteiger partial charge on any atom is 0.414 e. The first-order chi connectivity index (χ1) is 12.3. The average molecular weight is 368 g/mol. The van der Waals surface area contributed by atoms with Gasteiger partial charge in [-0.25, -0.2) is 4.79 Å². The number of hydrogen-bond donors (Lipinski definition) is 1. The smallest absolute Gasteiger partial charge is 0.414 e. The summed E-state index contributed by atoms with van der Waals surface area (Å²) in [6.07, 6.45) is 12.4. The molecule has 1 rings (SSSR count). The molecular weight excluding hydrogens is 326 g/mol. The molecule has 152 valence electrons. The molecule has 2 atom stereocenters. The minimum atomic E-state index is -0.513. The highest BCUT2D eigenvalue weighted by Crippen LogP contribution is 2.33. The lowest BCUT2D eigenvalue weighted by Gasteiger charge is -2.36. The van der Waals surface area contributed by atoms with Crippen LogP contribution in [0.1, 0.15) is 98.8 Å². The second-order valence-electron chi connectivity index (χ2n) is 8.57. The molecule has 1 amide bonds. The van der Waals surface area contributed by atoms with E-state index >= 15 is 0 Å². The largest absolute Gasteiger partial charge is 0.443 e. The van der Waals surface area contributed by atoms with E-state index in [1.54, 1.807) is 4.90 Å². The van der Waals surface area contributed by atoms with Gasteiger partial charge in [0.2, 0.25) is 0 Å². The van der Waals surface area contributed by atoms with Crippen molar-refractivity contribution in [3.8, 4) is 0 Å². The molecule has 0 bridgehead atoms. The lowest BCUT2D eigenvalue weighted by atomic mass is 9.83. The highest BCUT2D eigenvalue weighted by atomic mass is 16.6. The quantitative estimate of drug-likeness (QED) is 0.505. The van der Waals surface area contributed by atoms with Crippen LogP contribution in [0.2, 0.25) is 0 Å². The molecule has 0 radical (unpaired) electrons. The Morgan fingerprint density at radius 1 is 1.12 bits per heavy atom. The maximum absolute atomic E-state index is 12.9. The maximum atomic E-state index is 12.9. The van der Waals surface area contributed by atoms with Gasteiger partial charge in [0.25, 0.3) is 0 Å². The zero-order valence-corrected chi connectivity index (χ0v) is 17.7. The molecule has 1 saturated carbocycles. The Morgan fingerprint density at radius 2 is 1.73 bits per heavy atom. The molecule has 0 aromatic carbocycles. The topological polar surface area (TPSA) is 49.8 Å². The predicted molar refractivity (Wildman–Crippen MR) is 108 cm³/mol. The van der Waals surface area contributed by atoms with Gasteiger partial charge in [0.1, 0.15) is 5.60 Å². The van der Waals surface area contributed by atoms with Gasteiger partial charge in [0, 0.05) is 18.2 Å². The number of hydrogen-bond acceptors (Lipinski definition) is 3. The first kappa shape index (κ1) is 23.0. The Kier molecular flexibility index (Phi) is 10.3. The fourth-order valence-corrected chi connectivity index (χ4v) is 3.72. The highest BCUT2D eigenvalue weighted by Gasteiger charge is 2.33. The zero-order valence-electron chi connectivity index (χ0n) is 17.7. The van der Waals surface area contributed by atoms with Crippen LogP contribution in [-0.4, -0.2) is 34.3 Å². The summed E-state index contributed by atoms with van der Waals surface area (Å²) < 4.78 is 5.67. The van der Waals surface area contributed by atoms with Crippen LogP contribution >= 0.6 is 0 Å². The standard InChI is InChI=1S/C22H41NO3/c1-6-8-9-10-11-14-17-23(21(25)26-22(3,4)5)19(7-2)18-15-12-13-16-20(18)24/h7,18,20,24H,6,8-17H2,1-5H3/b19-7+/t18-,20+/m0/s1. The van der Waals surface area contributed by atoms with Crippen LogP contribution in [0.3, 0.4) is 0 Å². The summed E-state index contributed by atoms with van der Waals surface area (Å²) in [6, 6.07) is 0. The molecule has 0 aromatic heterocycles. The van der Waals surface area contributed by atoms with Crippen molar-refractivity contribution >= 4 is 6.09 Å². The van der Waals surface area contributed by atoms with Crippen molar-refractivity contribution in [3.05, 3.63) is 11.8 Å². The normalized spacial score (nSPS) is 21.5. The summed E-state index contributed by atoms with van der Waals surface area (Å²) in [5, 5.41) is 10.5. The van der Waals surface area contributed by atoms with E-state index in [9.17, 15) is 9.90 Å². The molecule has 26 heavy (non-hydrogen) atoms. The third-order valence-electron chi connectivity index (χ3n) is 5.07. The SMILES string of the molecule is C/C=C(\[C@@H]1CCCC[C@H]1O)N(CCCCCCCC)C(=O)OC(C)(C)C. The van der Waals surface area contributed by atoms with Crippen molar-refractivity contribution in [2.75, 3.05) is 6.54 Å². The number of nitrogens with zero attached hydrogens (tertiary/aromatic N) is 1. The van der Waals surface area contributed by atoms with Crippen LogP contribution < -0.4 is 0 Å². The number of allylic oxidation sites excluding steroid dienone is 1. The lowest BCUT2D eigenvalue weighted by molar-refractivity contribution is 0.0214. The van der Waals surface area contributed by atoms with Crippen molar-refractivity contribution in [3.63, 3.8) is 0 Å². The highest BCUT2D eigenvalue weighted by molar-refractivity contribution is 5.70. The van der Waals surface area contributed by atoms with Crippen molar-refractivity contribution in [1.82, 2.24) is 4.90 Å². The summed E-state index contributed by atoms with van der Waals surface area (Å²) in [6.45, 7) is 10.6. The van der Waals surface area contributed by atoms with E-state index < -0.39 is 5.60 Å². The number of rotatable bonds is 9. The van der Waals surface area contributed by atoms with Crippen LogP contribution in [-0.2, 0) is 4.74 Å². The number of aliphatic hydroxyl groups is 1. The number of carbonyl (C=O) groups excluding carboxylic acids is 1. The van der Waals surface area contributed by atoms with Crippen LogP contribution in [0, 0.1) is 5.92 Å². The fourth-order valence-electron chi connectivity index (χ4n) is 3.72. The van der Waals surface area contributed by atoms with Gasteiger partial charge in [-0.15, -0.1) is 0 Å². The van der Waals surface area contributed by atoms with E-state index in [1.165, 1.54) is 25.7 Å².